The van der Waals surface area contributed by atoms with Gasteiger partial charge in [-0.15, -0.1) is 11.3 Å². The average Bonchev–Trinajstić information content (AvgIpc) is 3.65. The topological polar surface area (TPSA) is 127 Å². The number of nitrogens with zero attached hydrogens (tertiary/aromatic N) is 3. The van der Waals surface area contributed by atoms with Gasteiger partial charge in [-0.1, -0.05) is 59.6 Å². The fraction of sp³-hybridized carbons (Fsp3) is 0.226. The van der Waals surface area contributed by atoms with E-state index in [-0.39, 0.29) is 11.9 Å². The first-order valence-corrected chi connectivity index (χ1v) is 15.4. The number of fused-ring (bicyclic) bond motifs is 1. The molecule has 5 N–H and O–H groups in total. The Balaban J connectivity index is 1.26. The molecule has 0 spiro atoms. The molecule has 0 aliphatic carbocycles. The van der Waals surface area contributed by atoms with Gasteiger partial charge in [-0.05, 0) is 24.6 Å². The lowest BCUT2D eigenvalue weighted by molar-refractivity contribution is -0.119. The number of carbonyl (C=O) groups is 1. The molecule has 12 heteroatoms. The second-order valence-electron chi connectivity index (χ2n) is 10.1. The number of nitrogens with two attached hydrogens (primary N) is 1. The number of pyridine rings is 2. The predicted octanol–water partition coefficient (Wildman–Crippen LogP) is 6.31. The molecule has 1 saturated heterocycles. The number of hydrogen-bond acceptors (Lipinski definition) is 9. The summed E-state index contributed by atoms with van der Waals surface area (Å²) in [5, 5.41) is 11.6. The van der Waals surface area contributed by atoms with Gasteiger partial charge in [-0.3, -0.25) is 4.79 Å². The van der Waals surface area contributed by atoms with E-state index in [2.05, 4.69) is 25.9 Å². The molecule has 43 heavy (non-hydrogen) atoms. The van der Waals surface area contributed by atoms with Gasteiger partial charge in [0, 0.05) is 60.5 Å². The van der Waals surface area contributed by atoms with Crippen LogP contribution in [0.3, 0.4) is 0 Å². The van der Waals surface area contributed by atoms with Gasteiger partial charge in [0.25, 0.3) is 0 Å². The molecule has 1 fully saturated rings. The number of methoxy groups -OCH3 is 1. The summed E-state index contributed by atoms with van der Waals surface area (Å²) >= 11 is 15.5. The van der Waals surface area contributed by atoms with Crippen molar-refractivity contribution >= 4 is 62.2 Å². The summed E-state index contributed by atoms with van der Waals surface area (Å²) in [6.07, 6.45) is 3.15. The molecule has 4 heterocycles. The van der Waals surface area contributed by atoms with Gasteiger partial charge in [-0.25, -0.2) is 15.0 Å². The van der Waals surface area contributed by atoms with Crippen LogP contribution in [0.1, 0.15) is 23.4 Å². The van der Waals surface area contributed by atoms with E-state index < -0.39 is 0 Å². The molecule has 3 aromatic heterocycles. The number of thiazole rings is 1. The first-order valence-electron chi connectivity index (χ1n) is 13.8. The molecule has 1 aliphatic rings. The molecule has 220 valence electrons. The molecular weight excluding hydrogens is 605 g/mol. The monoisotopic (exact) mass is 633 g/mol. The van der Waals surface area contributed by atoms with Crippen LogP contribution in [-0.2, 0) is 17.9 Å². The number of halogens is 2. The summed E-state index contributed by atoms with van der Waals surface area (Å²) in [5.41, 5.74) is 11.1. The smallest absolute Gasteiger partial charge is 0.220 e. The van der Waals surface area contributed by atoms with Crippen LogP contribution in [0.5, 0.6) is 5.88 Å². The number of aromatic nitrogens is 3. The highest BCUT2D eigenvalue weighted by Gasteiger charge is 2.21. The van der Waals surface area contributed by atoms with Crippen LogP contribution in [0.15, 0.2) is 60.8 Å². The summed E-state index contributed by atoms with van der Waals surface area (Å²) in [4.78, 5) is 25.4. The first-order chi connectivity index (χ1) is 20.9. The lowest BCUT2D eigenvalue weighted by atomic mass is 10.00. The van der Waals surface area contributed by atoms with Crippen molar-refractivity contribution in [2.75, 3.05) is 19.0 Å². The molecule has 1 atom stereocenters. The lowest BCUT2D eigenvalue weighted by Gasteiger charge is -2.16. The molecule has 1 amide bonds. The Kier molecular flexibility index (Phi) is 8.73. The Morgan fingerprint density at radius 1 is 1.05 bits per heavy atom. The number of nitrogens with one attached hydrogen (secondary N) is 3. The molecule has 2 aromatic carbocycles. The van der Waals surface area contributed by atoms with Gasteiger partial charge in [0.1, 0.15) is 10.5 Å². The molecule has 6 rings (SSSR count). The van der Waals surface area contributed by atoms with Crippen LogP contribution in [0.4, 0.5) is 11.5 Å². The third-order valence-corrected chi connectivity index (χ3v) is 9.12. The second kappa shape index (κ2) is 12.8. The minimum absolute atomic E-state index is 0.102. The Morgan fingerprint density at radius 3 is 2.60 bits per heavy atom. The SMILES string of the molecule is COc1nc(-c2cccc(-c3cccc(Nc4nccc5sc(CN)nc45)c3Cl)c2Cl)ccc1CNCC1CCC(=O)N1. The van der Waals surface area contributed by atoms with Crippen molar-refractivity contribution in [3.8, 4) is 28.3 Å². The molecule has 9 nitrogen and oxygen atoms in total. The van der Waals surface area contributed by atoms with Gasteiger partial charge in [-0.2, -0.15) is 0 Å². The van der Waals surface area contributed by atoms with E-state index in [0.717, 1.165) is 43.9 Å². The van der Waals surface area contributed by atoms with E-state index in [1.807, 2.05) is 54.6 Å². The highest BCUT2D eigenvalue weighted by Crippen LogP contribution is 2.42. The van der Waals surface area contributed by atoms with Crippen molar-refractivity contribution in [3.05, 3.63) is 81.4 Å². The van der Waals surface area contributed by atoms with Gasteiger partial charge in [0.2, 0.25) is 11.8 Å². The number of amides is 1. The Morgan fingerprint density at radius 2 is 1.84 bits per heavy atom. The number of benzene rings is 2. The predicted molar refractivity (Wildman–Crippen MR) is 173 cm³/mol. The van der Waals surface area contributed by atoms with E-state index in [9.17, 15) is 4.79 Å². The molecule has 1 aliphatic heterocycles. The minimum Gasteiger partial charge on any atom is -0.481 e. The summed E-state index contributed by atoms with van der Waals surface area (Å²) in [6.45, 7) is 1.61. The van der Waals surface area contributed by atoms with Crippen molar-refractivity contribution in [1.29, 1.82) is 0 Å². The van der Waals surface area contributed by atoms with E-state index in [0.29, 0.717) is 59.2 Å². The van der Waals surface area contributed by atoms with Crippen LogP contribution in [0, 0.1) is 0 Å². The van der Waals surface area contributed by atoms with E-state index in [4.69, 9.17) is 38.7 Å². The quantitative estimate of drug-likeness (QED) is 0.141. The average molecular weight is 635 g/mol. The van der Waals surface area contributed by atoms with Crippen LogP contribution < -0.4 is 26.4 Å². The van der Waals surface area contributed by atoms with Crippen molar-refractivity contribution in [3.63, 3.8) is 0 Å². The molecular formula is C31H29Cl2N7O2S. The van der Waals surface area contributed by atoms with Gasteiger partial charge in [0.15, 0.2) is 5.82 Å². The Hall–Kier alpha value is -3.80. The van der Waals surface area contributed by atoms with Gasteiger partial charge in [0.05, 0.1) is 33.2 Å². The number of anilines is 2. The van der Waals surface area contributed by atoms with Crippen molar-refractivity contribution in [2.24, 2.45) is 5.73 Å². The van der Waals surface area contributed by atoms with Crippen LogP contribution in [0.2, 0.25) is 10.0 Å². The maximum atomic E-state index is 11.5. The third-order valence-electron chi connectivity index (χ3n) is 7.27. The van der Waals surface area contributed by atoms with Crippen molar-refractivity contribution in [2.45, 2.75) is 32.0 Å². The minimum atomic E-state index is 0.102. The maximum absolute atomic E-state index is 11.5. The van der Waals surface area contributed by atoms with Gasteiger partial charge < -0.3 is 26.4 Å². The number of carbonyl (C=O) groups excluding carboxylic acids is 1. The molecule has 0 bridgehead atoms. The first kappa shape index (κ1) is 29.3. The van der Waals surface area contributed by atoms with E-state index >= 15 is 0 Å². The standard InChI is InChI=1S/C31H29Cl2N7O2S/c1-42-31-17(15-35-16-18-9-11-25(41)37-18)8-10-22(39-31)21-6-2-4-19(27(21)32)20-5-3-7-23(28(20)33)38-30-29-24(12-13-36-30)43-26(14-34)40-29/h2-8,10,12-13,18,35H,9,11,14-16,34H2,1H3,(H,36,38)(H,37,41). The number of rotatable bonds is 10. The zero-order valence-corrected chi connectivity index (χ0v) is 25.6. The molecule has 0 saturated carbocycles. The lowest BCUT2D eigenvalue weighted by Crippen LogP contribution is -2.35. The normalized spacial score (nSPS) is 14.7. The van der Waals surface area contributed by atoms with Crippen LogP contribution >= 0.6 is 34.5 Å². The fourth-order valence-electron chi connectivity index (χ4n) is 5.12. The zero-order valence-electron chi connectivity index (χ0n) is 23.3. The summed E-state index contributed by atoms with van der Waals surface area (Å²) in [7, 11) is 1.60. The Bertz CT molecular complexity index is 1810. The highest BCUT2D eigenvalue weighted by atomic mass is 35.5. The second-order valence-corrected chi connectivity index (χ2v) is 11.9. The maximum Gasteiger partial charge on any atom is 0.220 e. The summed E-state index contributed by atoms with van der Waals surface area (Å²) in [5.74, 6) is 1.21. The molecule has 5 aromatic rings. The number of ether oxygens (including phenoxy) is 1. The highest BCUT2D eigenvalue weighted by molar-refractivity contribution is 7.18. The van der Waals surface area contributed by atoms with E-state index in [1.165, 1.54) is 0 Å². The molecule has 0 radical (unpaired) electrons. The number of hydrogen-bond donors (Lipinski definition) is 4. The fourth-order valence-corrected chi connectivity index (χ4v) is 6.57. The summed E-state index contributed by atoms with van der Waals surface area (Å²) < 4.78 is 6.62. The van der Waals surface area contributed by atoms with Gasteiger partial charge >= 0.3 is 0 Å². The largest absolute Gasteiger partial charge is 0.481 e. The van der Waals surface area contributed by atoms with Crippen molar-refractivity contribution in [1.82, 2.24) is 25.6 Å². The van der Waals surface area contributed by atoms with Crippen LogP contribution in [0.25, 0.3) is 32.6 Å². The summed E-state index contributed by atoms with van der Waals surface area (Å²) in [6, 6.07) is 17.5. The zero-order chi connectivity index (χ0) is 29.9. The Labute approximate surface area is 262 Å². The van der Waals surface area contributed by atoms with Crippen molar-refractivity contribution < 1.29 is 9.53 Å². The van der Waals surface area contributed by atoms with E-state index in [1.54, 1.807) is 24.6 Å². The molecule has 1 unspecified atom stereocenters. The third kappa shape index (κ3) is 6.15. The van der Waals surface area contributed by atoms with Crippen LogP contribution in [-0.4, -0.2) is 40.6 Å².